The first-order valence-corrected chi connectivity index (χ1v) is 15.3. The Kier molecular flexibility index (Phi) is 9.83. The molecule has 1 saturated heterocycles. The summed E-state index contributed by atoms with van der Waals surface area (Å²) >= 11 is 0. The van der Waals surface area contributed by atoms with E-state index in [1.165, 1.54) is 12.1 Å². The Morgan fingerprint density at radius 3 is 2.62 bits per heavy atom. The van der Waals surface area contributed by atoms with Crippen molar-refractivity contribution < 1.29 is 32.2 Å². The van der Waals surface area contributed by atoms with Crippen LogP contribution in [0.25, 0.3) is 0 Å². The molecule has 242 valence electrons. The quantitative estimate of drug-likeness (QED) is 0.273. The van der Waals surface area contributed by atoms with Crippen molar-refractivity contribution in [3.8, 4) is 5.75 Å². The highest BCUT2D eigenvalue weighted by molar-refractivity contribution is 5.95. The van der Waals surface area contributed by atoms with Gasteiger partial charge in [0, 0.05) is 56.5 Å². The van der Waals surface area contributed by atoms with Crippen LogP contribution in [0.15, 0.2) is 55.0 Å². The van der Waals surface area contributed by atoms with Crippen molar-refractivity contribution in [2.45, 2.75) is 64.6 Å². The molecule has 12 heteroatoms. The van der Waals surface area contributed by atoms with E-state index in [0.29, 0.717) is 43.3 Å². The highest BCUT2D eigenvalue weighted by Crippen LogP contribution is 2.42. The van der Waals surface area contributed by atoms with Gasteiger partial charge in [-0.2, -0.15) is 13.2 Å². The summed E-state index contributed by atoms with van der Waals surface area (Å²) < 4.78 is 55.0. The van der Waals surface area contributed by atoms with Gasteiger partial charge in [0.25, 0.3) is 5.91 Å². The monoisotopic (exact) mass is 627 g/mol. The predicted octanol–water partition coefficient (Wildman–Crippen LogP) is 4.79. The molecule has 3 heterocycles. The molecule has 1 saturated carbocycles. The van der Waals surface area contributed by atoms with E-state index in [-0.39, 0.29) is 29.5 Å². The van der Waals surface area contributed by atoms with E-state index >= 15 is 0 Å². The number of hydrogen-bond acceptors (Lipinski definition) is 7. The topological polar surface area (TPSA) is 96.0 Å². The number of rotatable bonds is 11. The number of hydrogen-bond donors (Lipinski definition) is 2. The number of allylic oxidation sites excluding steroid dienone is 3. The van der Waals surface area contributed by atoms with Crippen molar-refractivity contribution in [2.24, 2.45) is 5.92 Å². The van der Waals surface area contributed by atoms with E-state index < -0.39 is 35.9 Å². The molecule has 2 amide bonds. The van der Waals surface area contributed by atoms with Gasteiger partial charge in [0.1, 0.15) is 23.8 Å². The van der Waals surface area contributed by atoms with Crippen molar-refractivity contribution in [3.63, 3.8) is 0 Å². The van der Waals surface area contributed by atoms with Gasteiger partial charge in [0.05, 0.1) is 23.3 Å². The zero-order chi connectivity index (χ0) is 32.3. The number of amides is 2. The molecule has 45 heavy (non-hydrogen) atoms. The van der Waals surface area contributed by atoms with Crippen LogP contribution in [-0.4, -0.2) is 77.6 Å². The van der Waals surface area contributed by atoms with Crippen LogP contribution < -0.4 is 15.4 Å². The van der Waals surface area contributed by atoms with Crippen LogP contribution >= 0.6 is 0 Å². The molecule has 0 bridgehead atoms. The number of benzene rings is 1. The van der Waals surface area contributed by atoms with E-state index in [1.54, 1.807) is 31.3 Å². The molecule has 1 aromatic carbocycles. The third-order valence-corrected chi connectivity index (χ3v) is 8.69. The molecule has 9 nitrogen and oxygen atoms in total. The molecule has 2 fully saturated rings. The van der Waals surface area contributed by atoms with Gasteiger partial charge in [-0.05, 0) is 56.7 Å². The summed E-state index contributed by atoms with van der Waals surface area (Å²) in [6, 6.07) is 5.03. The SMILES string of the molecule is C=C/C=C(\C)O[C@H]1C(C(C)Oc2ccnc3c2CCC(=O)N3)[C@@H]1NC(=O)c1ccc(CN2CCN(CC)CC2)c(C(F)(F)F)c1. The summed E-state index contributed by atoms with van der Waals surface area (Å²) in [4.78, 5) is 33.7. The second kappa shape index (κ2) is 13.6. The number of pyridine rings is 1. The number of carbonyl (C=O) groups excluding carboxylic acids is 2. The molecule has 0 radical (unpaired) electrons. The number of nitrogens with one attached hydrogen (secondary N) is 2. The summed E-state index contributed by atoms with van der Waals surface area (Å²) in [6.45, 7) is 13.5. The smallest absolute Gasteiger partial charge is 0.416 e. The number of halogens is 3. The molecular weight excluding hydrogens is 587 g/mol. The zero-order valence-corrected chi connectivity index (χ0v) is 25.8. The Hall–Kier alpha value is -3.90. The van der Waals surface area contributed by atoms with Gasteiger partial charge in [0.2, 0.25) is 5.91 Å². The lowest BCUT2D eigenvalue weighted by Gasteiger charge is -2.34. The Labute approximate surface area is 261 Å². The fourth-order valence-electron chi connectivity index (χ4n) is 6.12. The summed E-state index contributed by atoms with van der Waals surface area (Å²) in [6.07, 6.45) is 0.106. The van der Waals surface area contributed by atoms with Crippen molar-refractivity contribution >= 4 is 17.6 Å². The van der Waals surface area contributed by atoms with Gasteiger partial charge in [-0.25, -0.2) is 4.98 Å². The number of piperazine rings is 1. The predicted molar refractivity (Wildman–Crippen MR) is 164 cm³/mol. The molecule has 2 aromatic rings. The molecule has 2 N–H and O–H groups in total. The van der Waals surface area contributed by atoms with Gasteiger partial charge in [0.15, 0.2) is 0 Å². The second-order valence-corrected chi connectivity index (χ2v) is 11.8. The third-order valence-electron chi connectivity index (χ3n) is 8.69. The standard InChI is InChI=1S/C33H40F3N5O4/c1-5-7-20(3)44-30-28(21(4)45-26-12-13-37-31-24(26)10-11-27(42)38-31)29(30)39-32(43)22-8-9-23(25(18-22)33(34,35)36)19-41-16-14-40(6-2)15-17-41/h5,7-9,12-13,18,21,28-30H,1,6,10-11,14-17,19H2,2-4H3,(H,39,43)(H,37,38,42)/b20-7+/t21?,28?,29-,30-/m0/s1. The van der Waals surface area contributed by atoms with Crippen LogP contribution in [-0.2, 0) is 28.7 Å². The summed E-state index contributed by atoms with van der Waals surface area (Å²) in [5.41, 5.74) is 0.0670. The molecule has 2 aliphatic heterocycles. The Morgan fingerprint density at radius 2 is 1.93 bits per heavy atom. The van der Waals surface area contributed by atoms with Crippen LogP contribution in [0.4, 0.5) is 19.0 Å². The minimum atomic E-state index is -4.61. The van der Waals surface area contributed by atoms with Crippen LogP contribution in [0.3, 0.4) is 0 Å². The van der Waals surface area contributed by atoms with Crippen molar-refractivity contribution in [1.29, 1.82) is 0 Å². The number of alkyl halides is 3. The molecule has 1 aromatic heterocycles. The van der Waals surface area contributed by atoms with Crippen LogP contribution in [0.1, 0.15) is 54.2 Å². The maximum absolute atomic E-state index is 14.2. The van der Waals surface area contributed by atoms with Gasteiger partial charge in [-0.3, -0.25) is 14.5 Å². The first-order valence-electron chi connectivity index (χ1n) is 15.3. The van der Waals surface area contributed by atoms with Gasteiger partial charge in [-0.15, -0.1) is 0 Å². The van der Waals surface area contributed by atoms with E-state index in [2.05, 4.69) is 34.0 Å². The molecule has 3 aliphatic rings. The molecule has 5 rings (SSSR count). The molecule has 0 spiro atoms. The number of ether oxygens (including phenoxy) is 2. The second-order valence-electron chi connectivity index (χ2n) is 11.8. The minimum absolute atomic E-state index is 0.0721. The Balaban J connectivity index is 1.31. The van der Waals surface area contributed by atoms with Gasteiger partial charge >= 0.3 is 6.18 Å². The van der Waals surface area contributed by atoms with E-state index in [1.807, 2.05) is 11.8 Å². The molecule has 1 aliphatic carbocycles. The number of nitrogens with zero attached hydrogens (tertiary/aromatic N) is 3. The Bertz CT molecular complexity index is 1450. The summed E-state index contributed by atoms with van der Waals surface area (Å²) in [5.74, 6) is 0.582. The van der Waals surface area contributed by atoms with Crippen molar-refractivity contribution in [2.75, 3.05) is 38.0 Å². The number of aromatic nitrogens is 1. The van der Waals surface area contributed by atoms with Gasteiger partial charge < -0.3 is 25.0 Å². The highest BCUT2D eigenvalue weighted by Gasteiger charge is 2.57. The van der Waals surface area contributed by atoms with E-state index in [0.717, 1.165) is 31.3 Å². The lowest BCUT2D eigenvalue weighted by Crippen LogP contribution is -2.45. The first-order chi connectivity index (χ1) is 21.5. The maximum atomic E-state index is 14.2. The maximum Gasteiger partial charge on any atom is 0.416 e. The summed E-state index contributed by atoms with van der Waals surface area (Å²) in [5, 5.41) is 5.65. The average molecular weight is 628 g/mol. The average Bonchev–Trinajstić information content (AvgIpc) is 3.67. The van der Waals surface area contributed by atoms with Crippen LogP contribution in [0, 0.1) is 5.92 Å². The third kappa shape index (κ3) is 7.67. The molecule has 2 unspecified atom stereocenters. The Morgan fingerprint density at radius 1 is 1.20 bits per heavy atom. The molecule has 4 atom stereocenters. The van der Waals surface area contributed by atoms with Crippen LogP contribution in [0.5, 0.6) is 5.75 Å². The number of carbonyl (C=O) groups is 2. The lowest BCUT2D eigenvalue weighted by atomic mass is 10.0. The molecular formula is C33H40F3N5O4. The van der Waals surface area contributed by atoms with Crippen molar-refractivity contribution in [3.05, 3.63) is 77.2 Å². The summed E-state index contributed by atoms with van der Waals surface area (Å²) in [7, 11) is 0. The van der Waals surface area contributed by atoms with E-state index in [4.69, 9.17) is 9.47 Å². The van der Waals surface area contributed by atoms with E-state index in [9.17, 15) is 22.8 Å². The highest BCUT2D eigenvalue weighted by atomic mass is 19.4. The zero-order valence-electron chi connectivity index (χ0n) is 25.8. The fourth-order valence-corrected chi connectivity index (χ4v) is 6.12. The number of likely N-dealkylation sites (N-methyl/N-ethyl adjacent to an activating group) is 1. The normalized spacial score (nSPS) is 23.0. The largest absolute Gasteiger partial charge is 0.492 e. The van der Waals surface area contributed by atoms with Crippen LogP contribution in [0.2, 0.25) is 0 Å². The van der Waals surface area contributed by atoms with Gasteiger partial charge in [-0.1, -0.05) is 25.6 Å². The number of fused-ring (bicyclic) bond motifs is 1. The minimum Gasteiger partial charge on any atom is -0.492 e. The number of anilines is 1. The van der Waals surface area contributed by atoms with Crippen molar-refractivity contribution in [1.82, 2.24) is 20.1 Å². The fraction of sp³-hybridized carbons (Fsp3) is 0.485. The first kappa shape index (κ1) is 32.5. The lowest BCUT2D eigenvalue weighted by molar-refractivity contribution is -0.138.